The second-order valence-corrected chi connectivity index (χ2v) is 10.7. The molecule has 0 aliphatic carbocycles. The van der Waals surface area contributed by atoms with Gasteiger partial charge in [-0.1, -0.05) is 30.3 Å². The van der Waals surface area contributed by atoms with Crippen LogP contribution < -0.4 is 5.32 Å². The number of rotatable bonds is 9. The summed E-state index contributed by atoms with van der Waals surface area (Å²) < 4.78 is 10.9. The van der Waals surface area contributed by atoms with Crippen molar-refractivity contribution in [2.24, 2.45) is 0 Å². The van der Waals surface area contributed by atoms with Gasteiger partial charge in [-0.3, -0.25) is 9.59 Å². The lowest BCUT2D eigenvalue weighted by atomic mass is 10.0. The topological polar surface area (TPSA) is 105 Å². The van der Waals surface area contributed by atoms with Crippen molar-refractivity contribution in [1.82, 2.24) is 15.1 Å². The second kappa shape index (κ2) is 12.6. The summed E-state index contributed by atoms with van der Waals surface area (Å²) in [5, 5.41) is 2.60. The van der Waals surface area contributed by atoms with Crippen LogP contribution in [0.15, 0.2) is 30.3 Å². The number of nitrogens with one attached hydrogen (secondary N) is 1. The molecule has 0 radical (unpaired) electrons. The lowest BCUT2D eigenvalue weighted by Crippen LogP contribution is -2.52. The monoisotopic (exact) mass is 491 g/mol. The van der Waals surface area contributed by atoms with E-state index in [1.54, 1.807) is 55.6 Å². The van der Waals surface area contributed by atoms with Crippen LogP contribution in [0.5, 0.6) is 0 Å². The SMILES string of the molecule is CC(=O)N(CC[C@H](NC(=O)OC(C)(C)C)C(=O)N(C)C)[C@@H](Cc1ccccc1)C(=O)OC(C)(C)C. The Morgan fingerprint density at radius 1 is 0.914 bits per heavy atom. The Morgan fingerprint density at radius 2 is 1.46 bits per heavy atom. The summed E-state index contributed by atoms with van der Waals surface area (Å²) in [5.41, 5.74) is -0.614. The van der Waals surface area contributed by atoms with Gasteiger partial charge in [0.1, 0.15) is 23.3 Å². The molecule has 9 heteroatoms. The average molecular weight is 492 g/mol. The third-order valence-electron chi connectivity index (χ3n) is 4.82. The summed E-state index contributed by atoms with van der Waals surface area (Å²) in [4.78, 5) is 53.7. The first-order valence-electron chi connectivity index (χ1n) is 11.7. The molecule has 0 aromatic heterocycles. The van der Waals surface area contributed by atoms with E-state index < -0.39 is 35.3 Å². The molecule has 0 bridgehead atoms. The minimum atomic E-state index is -0.947. The molecule has 0 unspecified atom stereocenters. The lowest BCUT2D eigenvalue weighted by molar-refractivity contribution is -0.164. The Bertz CT molecular complexity index is 871. The van der Waals surface area contributed by atoms with E-state index in [4.69, 9.17) is 9.47 Å². The second-order valence-electron chi connectivity index (χ2n) is 10.7. The summed E-state index contributed by atoms with van der Waals surface area (Å²) in [7, 11) is 3.15. The van der Waals surface area contributed by atoms with Crippen LogP contribution in [0.2, 0.25) is 0 Å². The van der Waals surface area contributed by atoms with Gasteiger partial charge in [0.25, 0.3) is 0 Å². The van der Waals surface area contributed by atoms with Gasteiger partial charge < -0.3 is 24.6 Å². The van der Waals surface area contributed by atoms with Gasteiger partial charge in [0, 0.05) is 34.0 Å². The zero-order chi connectivity index (χ0) is 27.0. The molecule has 1 aromatic rings. The van der Waals surface area contributed by atoms with Crippen LogP contribution in [0.4, 0.5) is 4.79 Å². The molecule has 0 saturated heterocycles. The maximum Gasteiger partial charge on any atom is 0.408 e. The van der Waals surface area contributed by atoms with Crippen LogP contribution in [0.3, 0.4) is 0 Å². The highest BCUT2D eigenvalue weighted by Crippen LogP contribution is 2.17. The van der Waals surface area contributed by atoms with Crippen molar-refractivity contribution in [3.63, 3.8) is 0 Å². The van der Waals surface area contributed by atoms with E-state index in [0.29, 0.717) is 0 Å². The quantitative estimate of drug-likeness (QED) is 0.532. The van der Waals surface area contributed by atoms with Gasteiger partial charge in [-0.25, -0.2) is 9.59 Å². The minimum Gasteiger partial charge on any atom is -0.458 e. The van der Waals surface area contributed by atoms with Crippen LogP contribution in [-0.4, -0.2) is 77.6 Å². The molecule has 3 amide bonds. The zero-order valence-corrected chi connectivity index (χ0v) is 22.5. The van der Waals surface area contributed by atoms with Crippen molar-refractivity contribution < 1.29 is 28.7 Å². The maximum atomic E-state index is 13.1. The number of nitrogens with zero attached hydrogens (tertiary/aromatic N) is 2. The molecule has 196 valence electrons. The molecule has 1 N–H and O–H groups in total. The number of carbonyl (C=O) groups is 4. The first kappa shape index (κ1) is 29.9. The predicted molar refractivity (Wildman–Crippen MR) is 134 cm³/mol. The van der Waals surface area contributed by atoms with E-state index in [-0.39, 0.29) is 31.2 Å². The lowest BCUT2D eigenvalue weighted by Gasteiger charge is -2.33. The number of hydrogen-bond acceptors (Lipinski definition) is 6. The van der Waals surface area contributed by atoms with E-state index in [1.807, 2.05) is 30.3 Å². The summed E-state index contributed by atoms with van der Waals surface area (Å²) in [6, 6.07) is 7.49. The van der Waals surface area contributed by atoms with E-state index in [2.05, 4.69) is 5.32 Å². The number of esters is 1. The molecular formula is C26H41N3O6. The fourth-order valence-corrected chi connectivity index (χ4v) is 3.35. The highest BCUT2D eigenvalue weighted by atomic mass is 16.6. The molecule has 0 spiro atoms. The van der Waals surface area contributed by atoms with Gasteiger partial charge in [-0.05, 0) is 53.5 Å². The first-order valence-corrected chi connectivity index (χ1v) is 11.7. The van der Waals surface area contributed by atoms with Crippen LogP contribution in [0, 0.1) is 0 Å². The van der Waals surface area contributed by atoms with Gasteiger partial charge >= 0.3 is 12.1 Å². The normalized spacial score (nSPS) is 13.3. The molecule has 0 fully saturated rings. The van der Waals surface area contributed by atoms with E-state index in [9.17, 15) is 19.2 Å². The van der Waals surface area contributed by atoms with Gasteiger partial charge in [-0.2, -0.15) is 0 Å². The number of amides is 3. The van der Waals surface area contributed by atoms with Crippen LogP contribution in [-0.2, 0) is 30.3 Å². The molecule has 0 saturated carbocycles. The van der Waals surface area contributed by atoms with Crippen LogP contribution in [0.1, 0.15) is 60.5 Å². The molecular weight excluding hydrogens is 450 g/mol. The van der Waals surface area contributed by atoms with Crippen LogP contribution >= 0.6 is 0 Å². The largest absolute Gasteiger partial charge is 0.458 e. The third kappa shape index (κ3) is 11.2. The summed E-state index contributed by atoms with van der Waals surface area (Å²) >= 11 is 0. The van der Waals surface area contributed by atoms with Gasteiger partial charge in [0.15, 0.2) is 0 Å². The average Bonchev–Trinajstić information content (AvgIpc) is 2.69. The van der Waals surface area contributed by atoms with Gasteiger partial charge in [0.2, 0.25) is 11.8 Å². The fourth-order valence-electron chi connectivity index (χ4n) is 3.35. The minimum absolute atomic E-state index is 0.0477. The van der Waals surface area contributed by atoms with Crippen molar-refractivity contribution in [1.29, 1.82) is 0 Å². The number of hydrogen-bond donors (Lipinski definition) is 1. The van der Waals surface area contributed by atoms with Crippen molar-refractivity contribution >= 4 is 23.9 Å². The van der Waals surface area contributed by atoms with Crippen molar-refractivity contribution in [3.8, 4) is 0 Å². The van der Waals surface area contributed by atoms with Crippen molar-refractivity contribution in [2.45, 2.75) is 84.6 Å². The molecule has 9 nitrogen and oxygen atoms in total. The zero-order valence-electron chi connectivity index (χ0n) is 22.5. The highest BCUT2D eigenvalue weighted by molar-refractivity contribution is 5.86. The Kier molecular flexibility index (Phi) is 10.7. The third-order valence-corrected chi connectivity index (χ3v) is 4.82. The Balaban J connectivity index is 3.18. The molecule has 0 aliphatic heterocycles. The Labute approximate surface area is 209 Å². The molecule has 35 heavy (non-hydrogen) atoms. The van der Waals surface area contributed by atoms with Crippen LogP contribution in [0.25, 0.3) is 0 Å². The van der Waals surface area contributed by atoms with Gasteiger partial charge in [-0.15, -0.1) is 0 Å². The Hall–Kier alpha value is -3.10. The first-order chi connectivity index (χ1) is 16.0. The fraction of sp³-hybridized carbons (Fsp3) is 0.615. The maximum absolute atomic E-state index is 13.1. The van der Waals surface area contributed by atoms with Gasteiger partial charge in [0.05, 0.1) is 0 Å². The molecule has 0 aliphatic rings. The molecule has 2 atom stereocenters. The number of benzene rings is 1. The van der Waals surface area contributed by atoms with E-state index in [1.165, 1.54) is 16.7 Å². The number of carbonyl (C=O) groups excluding carboxylic acids is 4. The van der Waals surface area contributed by atoms with E-state index >= 15 is 0 Å². The number of alkyl carbamates (subject to hydrolysis) is 1. The Morgan fingerprint density at radius 3 is 1.91 bits per heavy atom. The van der Waals surface area contributed by atoms with Crippen molar-refractivity contribution in [3.05, 3.63) is 35.9 Å². The summed E-state index contributed by atoms with van der Waals surface area (Å²) in [6.45, 7) is 11.9. The van der Waals surface area contributed by atoms with Crippen molar-refractivity contribution in [2.75, 3.05) is 20.6 Å². The summed E-state index contributed by atoms with van der Waals surface area (Å²) in [6.07, 6.45) is -0.398. The molecule has 1 aromatic carbocycles. The summed E-state index contributed by atoms with van der Waals surface area (Å²) in [5.74, 6) is -1.23. The number of ether oxygens (including phenoxy) is 2. The standard InChI is InChI=1S/C26H41N3O6/c1-18(30)29(16-15-20(22(31)28(8)9)27-24(33)35-26(5,6)7)21(23(32)34-25(2,3)4)17-19-13-11-10-12-14-19/h10-14,20-21H,15-17H2,1-9H3,(H,27,33)/t20-,21-/m0/s1. The molecule has 0 heterocycles. The smallest absolute Gasteiger partial charge is 0.408 e. The predicted octanol–water partition coefficient (Wildman–Crippen LogP) is 3.16. The van der Waals surface area contributed by atoms with E-state index in [0.717, 1.165) is 5.56 Å². The number of likely N-dealkylation sites (N-methyl/N-ethyl adjacent to an activating group) is 1. The highest BCUT2D eigenvalue weighted by Gasteiger charge is 2.34. The molecule has 1 rings (SSSR count).